The lowest BCUT2D eigenvalue weighted by Gasteiger charge is -2.14. The van der Waals surface area contributed by atoms with Gasteiger partial charge in [-0.15, -0.1) is 11.3 Å². The van der Waals surface area contributed by atoms with Gasteiger partial charge in [0.15, 0.2) is 5.16 Å². The summed E-state index contributed by atoms with van der Waals surface area (Å²) in [6.07, 6.45) is 3.05. The van der Waals surface area contributed by atoms with Crippen LogP contribution in [0.15, 0.2) is 40.3 Å². The number of thiophene rings is 1. The Bertz CT molecular complexity index is 1090. The molecular weight excluding hydrogens is 406 g/mol. The van der Waals surface area contributed by atoms with E-state index in [-0.39, 0.29) is 23.3 Å². The van der Waals surface area contributed by atoms with Crippen molar-refractivity contribution in [3.8, 4) is 5.69 Å². The minimum Gasteiger partial charge on any atom is -0.383 e. The minimum atomic E-state index is -0.109. The largest absolute Gasteiger partial charge is 0.383 e. The van der Waals surface area contributed by atoms with Crippen molar-refractivity contribution in [2.75, 3.05) is 19.5 Å². The van der Waals surface area contributed by atoms with Crippen LogP contribution in [0.3, 0.4) is 0 Å². The Kier molecular flexibility index (Phi) is 6.03. The summed E-state index contributed by atoms with van der Waals surface area (Å²) in [4.78, 5) is 32.6. The molecule has 0 bridgehead atoms. The van der Waals surface area contributed by atoms with E-state index in [2.05, 4.69) is 5.32 Å². The minimum absolute atomic E-state index is 0.0451. The Labute approximate surface area is 177 Å². The molecule has 0 saturated carbocycles. The molecule has 0 saturated heterocycles. The molecule has 152 valence electrons. The Morgan fingerprint density at radius 1 is 1.34 bits per heavy atom. The fraction of sp³-hybridized carbons (Fsp3) is 0.381. The SMILES string of the molecule is COCC(C)NC(=O)CSc1nc2sc3c(c2c(=O)n1-c1ccccc1)CCC3. The number of hydrogen-bond acceptors (Lipinski definition) is 6. The van der Waals surface area contributed by atoms with E-state index in [1.54, 1.807) is 23.0 Å². The number of nitrogens with one attached hydrogen (secondary N) is 1. The summed E-state index contributed by atoms with van der Waals surface area (Å²) in [5, 5.41) is 4.19. The van der Waals surface area contributed by atoms with E-state index in [9.17, 15) is 9.59 Å². The third-order valence-corrected chi connectivity index (χ3v) is 7.00. The van der Waals surface area contributed by atoms with E-state index < -0.39 is 0 Å². The molecule has 0 spiro atoms. The van der Waals surface area contributed by atoms with Crippen LogP contribution in [0.4, 0.5) is 0 Å². The lowest BCUT2D eigenvalue weighted by atomic mass is 10.2. The molecule has 29 heavy (non-hydrogen) atoms. The first kappa shape index (κ1) is 20.1. The first-order valence-corrected chi connectivity index (χ1v) is 11.4. The number of carbonyl (C=O) groups excluding carboxylic acids is 1. The van der Waals surface area contributed by atoms with Crippen LogP contribution >= 0.6 is 23.1 Å². The smallest absolute Gasteiger partial charge is 0.267 e. The van der Waals surface area contributed by atoms with Gasteiger partial charge in [0.1, 0.15) is 4.83 Å². The molecular formula is C21H23N3O3S2. The van der Waals surface area contributed by atoms with Crippen LogP contribution in [0, 0.1) is 0 Å². The van der Waals surface area contributed by atoms with E-state index in [0.29, 0.717) is 11.8 Å². The summed E-state index contributed by atoms with van der Waals surface area (Å²) in [6.45, 7) is 2.35. The van der Waals surface area contributed by atoms with Crippen molar-refractivity contribution in [1.29, 1.82) is 0 Å². The third kappa shape index (κ3) is 4.10. The quantitative estimate of drug-likeness (QED) is 0.461. The topological polar surface area (TPSA) is 73.2 Å². The Hall–Kier alpha value is -2.16. The Morgan fingerprint density at radius 2 is 2.14 bits per heavy atom. The highest BCUT2D eigenvalue weighted by atomic mass is 32.2. The zero-order valence-corrected chi connectivity index (χ0v) is 18.1. The molecule has 2 aromatic heterocycles. The zero-order valence-electron chi connectivity index (χ0n) is 16.4. The number of rotatable bonds is 7. The highest BCUT2D eigenvalue weighted by Crippen LogP contribution is 2.36. The molecule has 1 aliphatic rings. The normalized spacial score (nSPS) is 14.1. The number of thioether (sulfide) groups is 1. The fourth-order valence-electron chi connectivity index (χ4n) is 3.66. The fourth-order valence-corrected chi connectivity index (χ4v) is 5.79. The molecule has 1 unspecified atom stereocenters. The molecule has 1 aliphatic carbocycles. The van der Waals surface area contributed by atoms with Crippen LogP contribution in [0.1, 0.15) is 23.8 Å². The predicted octanol–water partition coefficient (Wildman–Crippen LogP) is 3.18. The van der Waals surface area contributed by atoms with Crippen molar-refractivity contribution < 1.29 is 9.53 Å². The van der Waals surface area contributed by atoms with Gasteiger partial charge in [-0.3, -0.25) is 14.2 Å². The third-order valence-electron chi connectivity index (χ3n) is 4.88. The molecule has 0 radical (unpaired) electrons. The number of ether oxygens (including phenoxy) is 1. The second-order valence-electron chi connectivity index (χ2n) is 7.12. The number of aromatic nitrogens is 2. The van der Waals surface area contributed by atoms with Crippen molar-refractivity contribution in [2.45, 2.75) is 37.4 Å². The Morgan fingerprint density at radius 3 is 2.90 bits per heavy atom. The van der Waals surface area contributed by atoms with E-state index in [1.165, 1.54) is 16.6 Å². The summed E-state index contributed by atoms with van der Waals surface area (Å²) in [5.41, 5.74) is 1.88. The van der Waals surface area contributed by atoms with Crippen molar-refractivity contribution in [2.24, 2.45) is 0 Å². The van der Waals surface area contributed by atoms with Crippen LogP contribution in [0.25, 0.3) is 15.9 Å². The van der Waals surface area contributed by atoms with Gasteiger partial charge in [0.2, 0.25) is 5.91 Å². The number of aryl methyl sites for hydroxylation is 2. The van der Waals surface area contributed by atoms with Crippen LogP contribution in [0.2, 0.25) is 0 Å². The Balaban J connectivity index is 1.71. The second kappa shape index (κ2) is 8.69. The van der Waals surface area contributed by atoms with E-state index >= 15 is 0 Å². The van der Waals surface area contributed by atoms with Gasteiger partial charge in [-0.25, -0.2) is 4.98 Å². The maximum absolute atomic E-state index is 13.5. The predicted molar refractivity (Wildman–Crippen MR) is 117 cm³/mol. The number of fused-ring (bicyclic) bond motifs is 3. The van der Waals surface area contributed by atoms with Crippen molar-refractivity contribution in [3.63, 3.8) is 0 Å². The molecule has 2 heterocycles. The van der Waals surface area contributed by atoms with Crippen LogP contribution in [0.5, 0.6) is 0 Å². The molecule has 1 amide bonds. The molecule has 3 aromatic rings. The van der Waals surface area contributed by atoms with Crippen LogP contribution in [-0.4, -0.2) is 41.0 Å². The van der Waals surface area contributed by atoms with Gasteiger partial charge in [0, 0.05) is 18.0 Å². The van der Waals surface area contributed by atoms with Gasteiger partial charge in [-0.05, 0) is 43.9 Å². The first-order chi connectivity index (χ1) is 14.1. The number of hydrogen-bond donors (Lipinski definition) is 1. The number of amides is 1. The highest BCUT2D eigenvalue weighted by molar-refractivity contribution is 7.99. The van der Waals surface area contributed by atoms with E-state index in [4.69, 9.17) is 9.72 Å². The molecule has 1 N–H and O–H groups in total. The molecule has 1 aromatic carbocycles. The molecule has 1 atom stereocenters. The van der Waals surface area contributed by atoms with Crippen molar-refractivity contribution in [3.05, 3.63) is 51.1 Å². The number of benzene rings is 1. The summed E-state index contributed by atoms with van der Waals surface area (Å²) in [7, 11) is 1.60. The lowest BCUT2D eigenvalue weighted by molar-refractivity contribution is -0.119. The molecule has 0 aliphatic heterocycles. The van der Waals surface area contributed by atoms with Gasteiger partial charge < -0.3 is 10.1 Å². The monoisotopic (exact) mass is 429 g/mol. The van der Waals surface area contributed by atoms with Crippen LogP contribution < -0.4 is 10.9 Å². The molecule has 6 nitrogen and oxygen atoms in total. The van der Waals surface area contributed by atoms with Crippen molar-refractivity contribution in [1.82, 2.24) is 14.9 Å². The average molecular weight is 430 g/mol. The first-order valence-electron chi connectivity index (χ1n) is 9.62. The maximum Gasteiger partial charge on any atom is 0.267 e. The van der Waals surface area contributed by atoms with Gasteiger partial charge in [-0.1, -0.05) is 30.0 Å². The molecule has 8 heteroatoms. The van der Waals surface area contributed by atoms with Gasteiger partial charge in [0.05, 0.1) is 23.4 Å². The van der Waals surface area contributed by atoms with Gasteiger partial charge in [0.25, 0.3) is 5.56 Å². The highest BCUT2D eigenvalue weighted by Gasteiger charge is 2.24. The number of para-hydroxylation sites is 1. The maximum atomic E-state index is 13.5. The molecule has 0 fully saturated rings. The summed E-state index contributed by atoms with van der Waals surface area (Å²) >= 11 is 2.90. The summed E-state index contributed by atoms with van der Waals surface area (Å²) < 4.78 is 6.70. The van der Waals surface area contributed by atoms with Crippen molar-refractivity contribution >= 4 is 39.2 Å². The molecule has 4 rings (SSSR count). The number of nitrogens with zero attached hydrogens (tertiary/aromatic N) is 2. The number of methoxy groups -OCH3 is 1. The van der Waals surface area contributed by atoms with Crippen LogP contribution in [-0.2, 0) is 22.4 Å². The lowest BCUT2D eigenvalue weighted by Crippen LogP contribution is -2.36. The zero-order chi connectivity index (χ0) is 20.4. The second-order valence-corrected chi connectivity index (χ2v) is 9.15. The average Bonchev–Trinajstić information content (AvgIpc) is 3.28. The summed E-state index contributed by atoms with van der Waals surface area (Å²) in [6, 6.07) is 9.44. The van der Waals surface area contributed by atoms with Gasteiger partial charge in [-0.2, -0.15) is 0 Å². The van der Waals surface area contributed by atoms with E-state index in [1.807, 2.05) is 37.3 Å². The summed E-state index contributed by atoms with van der Waals surface area (Å²) in [5.74, 6) is 0.0754. The van der Waals surface area contributed by atoms with E-state index in [0.717, 1.165) is 40.7 Å². The number of carbonyl (C=O) groups is 1. The van der Waals surface area contributed by atoms with Gasteiger partial charge >= 0.3 is 0 Å². The standard InChI is InChI=1S/C21H23N3O3S2/c1-13(11-27-2)22-17(25)12-28-21-23-19-18(15-9-6-10-16(15)29-19)20(26)24(21)14-7-4-3-5-8-14/h3-5,7-8,13H,6,9-12H2,1-2H3,(H,22,25).